The Morgan fingerprint density at radius 3 is 2.83 bits per heavy atom. The SMILES string of the molecule is Cc1ncc(Cc2ccc3c(c2)NC(=O)c2ccccc2S3)s1. The first-order valence-corrected chi connectivity index (χ1v) is 8.95. The van der Waals surface area contributed by atoms with Crippen molar-refractivity contribution in [2.45, 2.75) is 23.1 Å². The van der Waals surface area contributed by atoms with Crippen LogP contribution in [-0.4, -0.2) is 10.9 Å². The number of hydrogen-bond donors (Lipinski definition) is 1. The fourth-order valence-electron chi connectivity index (χ4n) is 2.61. The molecule has 0 saturated carbocycles. The molecule has 5 heteroatoms. The van der Waals surface area contributed by atoms with Crippen LogP contribution in [-0.2, 0) is 6.42 Å². The number of thiazole rings is 1. The van der Waals surface area contributed by atoms with Crippen molar-refractivity contribution in [1.29, 1.82) is 0 Å². The zero-order valence-corrected chi connectivity index (χ0v) is 14.1. The largest absolute Gasteiger partial charge is 0.321 e. The lowest BCUT2D eigenvalue weighted by molar-refractivity contribution is 0.102. The predicted octanol–water partition coefficient (Wildman–Crippen LogP) is 4.76. The molecule has 3 nitrogen and oxygen atoms in total. The second-order valence-electron chi connectivity index (χ2n) is 5.41. The molecule has 23 heavy (non-hydrogen) atoms. The summed E-state index contributed by atoms with van der Waals surface area (Å²) in [4.78, 5) is 20.0. The molecule has 0 bridgehead atoms. The van der Waals surface area contributed by atoms with Gasteiger partial charge in [0.15, 0.2) is 0 Å². The van der Waals surface area contributed by atoms with Gasteiger partial charge in [0.05, 0.1) is 16.3 Å². The molecule has 0 radical (unpaired) electrons. The second-order valence-corrected chi connectivity index (χ2v) is 7.81. The Hall–Kier alpha value is -2.11. The Labute approximate surface area is 142 Å². The van der Waals surface area contributed by atoms with E-state index in [0.717, 1.165) is 32.5 Å². The van der Waals surface area contributed by atoms with E-state index in [2.05, 4.69) is 28.5 Å². The molecule has 1 aliphatic rings. The molecule has 1 aromatic heterocycles. The molecule has 4 rings (SSSR count). The fraction of sp³-hybridized carbons (Fsp3) is 0.111. The number of anilines is 1. The number of rotatable bonds is 2. The minimum atomic E-state index is -0.0439. The maximum Gasteiger partial charge on any atom is 0.256 e. The van der Waals surface area contributed by atoms with E-state index in [1.54, 1.807) is 23.1 Å². The molecule has 114 valence electrons. The molecule has 0 unspecified atom stereocenters. The van der Waals surface area contributed by atoms with E-state index in [1.807, 2.05) is 37.4 Å². The van der Waals surface area contributed by atoms with Gasteiger partial charge in [-0.05, 0) is 36.8 Å². The van der Waals surface area contributed by atoms with Gasteiger partial charge in [0.1, 0.15) is 0 Å². The molecule has 0 aliphatic carbocycles. The van der Waals surface area contributed by atoms with Gasteiger partial charge in [-0.3, -0.25) is 4.79 Å². The van der Waals surface area contributed by atoms with Gasteiger partial charge in [-0.2, -0.15) is 0 Å². The minimum Gasteiger partial charge on any atom is -0.321 e. The molecular formula is C18H14N2OS2. The predicted molar refractivity (Wildman–Crippen MR) is 94.6 cm³/mol. The molecule has 3 aromatic rings. The van der Waals surface area contributed by atoms with Gasteiger partial charge in [-0.15, -0.1) is 11.3 Å². The summed E-state index contributed by atoms with van der Waals surface area (Å²) in [6.45, 7) is 2.01. The van der Waals surface area contributed by atoms with Crippen LogP contribution in [0, 0.1) is 6.92 Å². The average Bonchev–Trinajstić information content (AvgIpc) is 2.88. The van der Waals surface area contributed by atoms with Crippen LogP contribution in [0.2, 0.25) is 0 Å². The number of carbonyl (C=O) groups excluding carboxylic acids is 1. The topological polar surface area (TPSA) is 42.0 Å². The molecule has 0 atom stereocenters. The normalized spacial score (nSPS) is 13.0. The number of fused-ring (bicyclic) bond motifs is 2. The highest BCUT2D eigenvalue weighted by molar-refractivity contribution is 7.99. The van der Waals surface area contributed by atoms with Crippen LogP contribution >= 0.6 is 23.1 Å². The van der Waals surface area contributed by atoms with Gasteiger partial charge < -0.3 is 5.32 Å². The van der Waals surface area contributed by atoms with Gasteiger partial charge >= 0.3 is 0 Å². The van der Waals surface area contributed by atoms with E-state index in [0.29, 0.717) is 0 Å². The lowest BCUT2D eigenvalue weighted by Gasteiger charge is -2.08. The van der Waals surface area contributed by atoms with E-state index in [1.165, 1.54) is 10.4 Å². The third kappa shape index (κ3) is 2.90. The van der Waals surface area contributed by atoms with Crippen LogP contribution in [0.4, 0.5) is 5.69 Å². The van der Waals surface area contributed by atoms with E-state index in [4.69, 9.17) is 0 Å². The Morgan fingerprint density at radius 1 is 1.13 bits per heavy atom. The third-order valence-corrected chi connectivity index (χ3v) is 5.76. The number of aromatic nitrogens is 1. The van der Waals surface area contributed by atoms with Gasteiger partial charge in [-0.1, -0.05) is 30.0 Å². The lowest BCUT2D eigenvalue weighted by atomic mass is 10.1. The van der Waals surface area contributed by atoms with Crippen LogP contribution in [0.25, 0.3) is 0 Å². The summed E-state index contributed by atoms with van der Waals surface area (Å²) in [5.41, 5.74) is 2.79. The molecule has 0 fully saturated rings. The van der Waals surface area contributed by atoms with Crippen LogP contribution in [0.3, 0.4) is 0 Å². The van der Waals surface area contributed by atoms with E-state index in [-0.39, 0.29) is 5.91 Å². The van der Waals surface area contributed by atoms with Crippen LogP contribution in [0.1, 0.15) is 25.8 Å². The number of hydrogen-bond acceptors (Lipinski definition) is 4. The quantitative estimate of drug-likeness (QED) is 0.732. The maximum atomic E-state index is 12.4. The van der Waals surface area contributed by atoms with E-state index in [9.17, 15) is 4.79 Å². The lowest BCUT2D eigenvalue weighted by Crippen LogP contribution is -2.11. The van der Waals surface area contributed by atoms with Crippen LogP contribution in [0.5, 0.6) is 0 Å². The van der Waals surface area contributed by atoms with Crippen molar-refractivity contribution in [3.05, 3.63) is 69.7 Å². The van der Waals surface area contributed by atoms with Crippen molar-refractivity contribution in [3.8, 4) is 0 Å². The minimum absolute atomic E-state index is 0.0439. The monoisotopic (exact) mass is 338 g/mol. The highest BCUT2D eigenvalue weighted by Gasteiger charge is 2.19. The molecular weight excluding hydrogens is 324 g/mol. The summed E-state index contributed by atoms with van der Waals surface area (Å²) in [6.07, 6.45) is 2.77. The first kappa shape index (κ1) is 14.5. The molecule has 0 spiro atoms. The summed E-state index contributed by atoms with van der Waals surface area (Å²) in [5, 5.41) is 4.12. The Balaban J connectivity index is 1.68. The van der Waals surface area contributed by atoms with Crippen molar-refractivity contribution >= 4 is 34.7 Å². The average molecular weight is 338 g/mol. The summed E-state index contributed by atoms with van der Waals surface area (Å²) in [7, 11) is 0. The Kier molecular flexibility index (Phi) is 3.67. The van der Waals surface area contributed by atoms with E-state index < -0.39 is 0 Å². The molecule has 1 amide bonds. The van der Waals surface area contributed by atoms with Gasteiger partial charge in [0.25, 0.3) is 5.91 Å². The molecule has 0 saturated heterocycles. The second kappa shape index (κ2) is 5.83. The van der Waals surface area contributed by atoms with Gasteiger partial charge in [0, 0.05) is 27.3 Å². The van der Waals surface area contributed by atoms with Gasteiger partial charge in [0.2, 0.25) is 0 Å². The third-order valence-electron chi connectivity index (χ3n) is 3.69. The highest BCUT2D eigenvalue weighted by atomic mass is 32.2. The molecule has 1 N–H and O–H groups in total. The van der Waals surface area contributed by atoms with Crippen molar-refractivity contribution in [1.82, 2.24) is 4.98 Å². The van der Waals surface area contributed by atoms with Crippen molar-refractivity contribution in [2.24, 2.45) is 0 Å². The van der Waals surface area contributed by atoms with Crippen molar-refractivity contribution < 1.29 is 4.79 Å². The number of amides is 1. The molecule has 2 heterocycles. The molecule has 2 aromatic carbocycles. The van der Waals surface area contributed by atoms with Gasteiger partial charge in [-0.25, -0.2) is 4.98 Å². The number of carbonyl (C=O) groups is 1. The zero-order valence-electron chi connectivity index (χ0n) is 12.5. The summed E-state index contributed by atoms with van der Waals surface area (Å²) in [5.74, 6) is -0.0439. The summed E-state index contributed by atoms with van der Waals surface area (Å²) in [6, 6.07) is 14.0. The standard InChI is InChI=1S/C18H14N2OS2/c1-11-19-10-13(22-11)8-12-6-7-17-15(9-12)20-18(21)14-4-2-3-5-16(14)23-17/h2-7,9-10H,8H2,1H3,(H,20,21). The number of nitrogens with one attached hydrogen (secondary N) is 1. The first-order valence-electron chi connectivity index (χ1n) is 7.31. The zero-order chi connectivity index (χ0) is 15.8. The number of benzene rings is 2. The Bertz CT molecular complexity index is 902. The number of nitrogens with zero attached hydrogens (tertiary/aromatic N) is 1. The summed E-state index contributed by atoms with van der Waals surface area (Å²) >= 11 is 3.34. The Morgan fingerprint density at radius 2 is 2.00 bits per heavy atom. The molecule has 1 aliphatic heterocycles. The van der Waals surface area contributed by atoms with Crippen LogP contribution < -0.4 is 5.32 Å². The smallest absolute Gasteiger partial charge is 0.256 e. The van der Waals surface area contributed by atoms with Crippen LogP contribution in [0.15, 0.2) is 58.5 Å². The van der Waals surface area contributed by atoms with Crippen molar-refractivity contribution in [3.63, 3.8) is 0 Å². The highest BCUT2D eigenvalue weighted by Crippen LogP contribution is 2.39. The van der Waals surface area contributed by atoms with Crippen molar-refractivity contribution in [2.75, 3.05) is 5.32 Å². The first-order chi connectivity index (χ1) is 11.2. The number of aryl methyl sites for hydroxylation is 1. The fourth-order valence-corrected chi connectivity index (χ4v) is 4.45. The maximum absolute atomic E-state index is 12.4. The van der Waals surface area contributed by atoms with E-state index >= 15 is 0 Å². The summed E-state index contributed by atoms with van der Waals surface area (Å²) < 4.78 is 0.